The van der Waals surface area contributed by atoms with Gasteiger partial charge in [0.05, 0.1) is 28.3 Å². The summed E-state index contributed by atoms with van der Waals surface area (Å²) in [6, 6.07) is 19.5. The smallest absolute Gasteiger partial charge is 0.296 e. The zero-order valence-electron chi connectivity index (χ0n) is 30.9. The number of aryl methyl sites for hydroxylation is 1. The Labute approximate surface area is 351 Å². The number of fused-ring (bicyclic) bond motifs is 1. The van der Waals surface area contributed by atoms with E-state index in [2.05, 4.69) is 40.7 Å². The molecule has 0 amide bonds. The summed E-state index contributed by atoms with van der Waals surface area (Å²) < 4.78 is 139. The van der Waals surface area contributed by atoms with Crippen LogP contribution in [0.1, 0.15) is 5.56 Å². The number of azo groups is 2. The van der Waals surface area contributed by atoms with Crippen LogP contribution in [0.15, 0.2) is 126 Å². The molecule has 1 heterocycles. The highest BCUT2D eigenvalue weighted by molar-refractivity contribution is 7.86. The molecule has 0 spiro atoms. The summed E-state index contributed by atoms with van der Waals surface area (Å²) >= 11 is 6.22. The summed E-state index contributed by atoms with van der Waals surface area (Å²) in [5.74, 6) is -1.35. The molecule has 0 aliphatic rings. The van der Waals surface area contributed by atoms with Crippen LogP contribution in [0.2, 0.25) is 5.28 Å². The zero-order chi connectivity index (χ0) is 44.5. The minimum atomic E-state index is -4.91. The summed E-state index contributed by atoms with van der Waals surface area (Å²) in [5.41, 5.74) is 0.520. The predicted molar refractivity (Wildman–Crippen MR) is 219 cm³/mol. The first-order valence-corrected chi connectivity index (χ1v) is 22.9. The molecule has 0 unspecified atom stereocenters. The third-order valence-electron chi connectivity index (χ3n) is 8.24. The van der Waals surface area contributed by atoms with Gasteiger partial charge in [0.15, 0.2) is 5.88 Å². The van der Waals surface area contributed by atoms with Gasteiger partial charge in [0, 0.05) is 28.2 Å². The normalized spacial score (nSPS) is 12.6. The fourth-order valence-electron chi connectivity index (χ4n) is 5.51. The largest absolute Gasteiger partial charge is 0.494 e. The molecule has 318 valence electrons. The van der Waals surface area contributed by atoms with E-state index in [1.165, 1.54) is 37.4 Å². The van der Waals surface area contributed by atoms with E-state index < -0.39 is 66.7 Å². The van der Waals surface area contributed by atoms with E-state index >= 15 is 0 Å². The average Bonchev–Trinajstić information content (AvgIpc) is 3.17. The van der Waals surface area contributed by atoms with Crippen molar-refractivity contribution in [3.05, 3.63) is 102 Å². The number of halogens is 1. The molecule has 0 aliphatic carbocycles. The van der Waals surface area contributed by atoms with Gasteiger partial charge < -0.3 is 10.1 Å². The maximum Gasteiger partial charge on any atom is 0.296 e. The molecule has 0 bridgehead atoms. The Hall–Kier alpha value is -6.10. The molecule has 0 radical (unpaired) electrons. The lowest BCUT2D eigenvalue weighted by Gasteiger charge is -2.21. The van der Waals surface area contributed by atoms with Crippen LogP contribution >= 0.6 is 11.6 Å². The van der Waals surface area contributed by atoms with Crippen molar-refractivity contribution in [2.24, 2.45) is 20.5 Å². The van der Waals surface area contributed by atoms with Crippen molar-refractivity contribution >= 4 is 109 Å². The number of ether oxygens (including phenoxy) is 1. The summed E-state index contributed by atoms with van der Waals surface area (Å²) in [6.45, 7) is 1.56. The lowest BCUT2D eigenvalue weighted by Crippen LogP contribution is -2.27. The number of para-hydroxylation sites is 1. The quantitative estimate of drug-likeness (QED) is 0.0528. The highest BCUT2D eigenvalue weighted by Gasteiger charge is 2.23. The molecule has 0 saturated carbocycles. The van der Waals surface area contributed by atoms with E-state index in [9.17, 15) is 51.9 Å². The summed E-state index contributed by atoms with van der Waals surface area (Å²) in [6.07, 6.45) is 0. The third kappa shape index (κ3) is 10.8. The van der Waals surface area contributed by atoms with Gasteiger partial charge in [-0.1, -0.05) is 24.3 Å². The van der Waals surface area contributed by atoms with Crippen molar-refractivity contribution in [3.8, 4) is 5.75 Å². The number of nitrogens with zero attached hydrogens (tertiary/aromatic N) is 8. The van der Waals surface area contributed by atoms with Gasteiger partial charge in [-0.15, -0.1) is 15.3 Å². The molecule has 6 rings (SSSR count). The molecule has 61 heavy (non-hydrogen) atoms. The van der Waals surface area contributed by atoms with Gasteiger partial charge in [-0.25, -0.2) is 0 Å². The minimum absolute atomic E-state index is 0.0484. The predicted octanol–water partition coefficient (Wildman–Crippen LogP) is 7.29. The first-order valence-electron chi connectivity index (χ1n) is 16.6. The second-order valence-electron chi connectivity index (χ2n) is 12.4. The van der Waals surface area contributed by atoms with E-state index in [1.54, 1.807) is 37.3 Å². The lowest BCUT2D eigenvalue weighted by molar-refractivity contribution is 0.416. The van der Waals surface area contributed by atoms with Gasteiger partial charge in [-0.3, -0.25) is 23.1 Å². The number of anilines is 4. The van der Waals surface area contributed by atoms with Gasteiger partial charge in [0.1, 0.15) is 22.0 Å². The molecule has 5 aromatic carbocycles. The molecule has 27 heteroatoms. The van der Waals surface area contributed by atoms with Gasteiger partial charge in [0.25, 0.3) is 40.5 Å². The molecule has 22 nitrogen and oxygen atoms in total. The zero-order valence-corrected chi connectivity index (χ0v) is 34.9. The minimum Gasteiger partial charge on any atom is -0.494 e. The maximum atomic E-state index is 12.2. The van der Waals surface area contributed by atoms with Crippen molar-refractivity contribution in [1.82, 2.24) is 15.0 Å². The molecule has 5 N–H and O–H groups in total. The average molecular weight is 934 g/mol. The monoisotopic (exact) mass is 933 g/mol. The summed E-state index contributed by atoms with van der Waals surface area (Å²) in [4.78, 5) is 11.5. The van der Waals surface area contributed by atoms with E-state index in [0.717, 1.165) is 29.2 Å². The van der Waals surface area contributed by atoms with Crippen molar-refractivity contribution < 1.29 is 56.6 Å². The van der Waals surface area contributed by atoms with Crippen LogP contribution in [0, 0.1) is 6.92 Å². The van der Waals surface area contributed by atoms with Crippen LogP contribution in [-0.4, -0.2) is 79.8 Å². The summed E-state index contributed by atoms with van der Waals surface area (Å²) in [7, 11) is -17.7. The van der Waals surface area contributed by atoms with Crippen LogP contribution in [0.25, 0.3) is 10.8 Å². The number of methoxy groups -OCH3 is 1. The van der Waals surface area contributed by atoms with Crippen LogP contribution in [0.3, 0.4) is 0 Å². The van der Waals surface area contributed by atoms with Crippen LogP contribution in [0.5, 0.6) is 5.75 Å². The van der Waals surface area contributed by atoms with Crippen LogP contribution < -0.4 is 15.0 Å². The van der Waals surface area contributed by atoms with Gasteiger partial charge in [0.2, 0.25) is 17.2 Å². The van der Waals surface area contributed by atoms with E-state index in [-0.39, 0.29) is 56.8 Å². The number of hydrogen-bond acceptors (Lipinski definition) is 18. The molecule has 0 aliphatic heterocycles. The topological polar surface area (TPSA) is 330 Å². The Kier molecular flexibility index (Phi) is 12.5. The highest BCUT2D eigenvalue weighted by atomic mass is 35.5. The number of rotatable bonds is 14. The molecule has 0 atom stereocenters. The first kappa shape index (κ1) is 44.5. The van der Waals surface area contributed by atoms with E-state index in [4.69, 9.17) is 16.3 Å². The molecular weight excluding hydrogens is 906 g/mol. The Morgan fingerprint density at radius 2 is 1.28 bits per heavy atom. The van der Waals surface area contributed by atoms with E-state index in [0.29, 0.717) is 17.0 Å². The SMILES string of the molecule is COc1cc(N=Nc2cc(S(=O)(=O)O)ccc2S(=O)(=O)O)c(C)cc1N=Nc1ccc(Nc2nc(Cl)nc(N(CS(=O)(=O)O)c3ccccc3)n2)c2ccc(S(=O)(=O)O)cc12. The fourth-order valence-corrected chi connectivity index (χ4v) is 7.86. The second-order valence-corrected chi connectivity index (χ2v) is 18.4. The Morgan fingerprint density at radius 3 is 1.92 bits per heavy atom. The van der Waals surface area contributed by atoms with Gasteiger partial charge in [-0.2, -0.15) is 53.7 Å². The Bertz CT molecular complexity index is 3230. The second kappa shape index (κ2) is 17.1. The molecule has 6 aromatic rings. The van der Waals surface area contributed by atoms with Gasteiger partial charge in [-0.05, 0) is 84.8 Å². The van der Waals surface area contributed by atoms with Gasteiger partial charge >= 0.3 is 0 Å². The highest BCUT2D eigenvalue weighted by Crippen LogP contribution is 2.40. The lowest BCUT2D eigenvalue weighted by atomic mass is 10.1. The molecule has 0 saturated heterocycles. The number of hydrogen-bond donors (Lipinski definition) is 5. The number of benzene rings is 5. The van der Waals surface area contributed by atoms with E-state index in [1.807, 2.05) is 0 Å². The van der Waals surface area contributed by atoms with Crippen LogP contribution in [0.4, 0.5) is 46.0 Å². The standard InChI is InChI=1S/C34H28ClN9O13S4/c1-19-14-28(30(57-2)17-27(19)41-43-29-16-22(60(51,52)53)9-13-31(29)61(54,55)56)42-40-26-12-11-25(23-10-8-21(15-24(23)26)59(48,49)50)36-33-37-32(35)38-34(39-33)44(18-58(45,46)47)20-6-4-3-5-7-20/h3-17H,18H2,1-2H3,(H,45,46,47)(H,48,49,50)(H,51,52,53)(H,54,55,56)(H,36,37,38,39). The molecule has 1 aromatic heterocycles. The van der Waals surface area contributed by atoms with Crippen molar-refractivity contribution in [2.75, 3.05) is 23.2 Å². The Balaban J connectivity index is 1.38. The third-order valence-corrected chi connectivity index (χ3v) is 11.6. The summed E-state index contributed by atoms with van der Waals surface area (Å²) in [5, 5.41) is 19.3. The van der Waals surface area contributed by atoms with Crippen molar-refractivity contribution in [2.45, 2.75) is 21.6 Å². The maximum absolute atomic E-state index is 12.2. The molecule has 0 fully saturated rings. The molecular formula is C34H28ClN9O13S4. The number of nitrogens with one attached hydrogen (secondary N) is 1. The fraction of sp³-hybridized carbons (Fsp3) is 0.0882. The van der Waals surface area contributed by atoms with Crippen molar-refractivity contribution in [1.29, 1.82) is 0 Å². The van der Waals surface area contributed by atoms with Crippen LogP contribution in [-0.2, 0) is 40.5 Å². The van der Waals surface area contributed by atoms with Crippen molar-refractivity contribution in [3.63, 3.8) is 0 Å². The number of aromatic nitrogens is 3. The Morgan fingerprint density at radius 1 is 0.656 bits per heavy atom. The first-order chi connectivity index (χ1) is 28.5.